The molecule has 0 atom stereocenters. The summed E-state index contributed by atoms with van der Waals surface area (Å²) < 4.78 is 38.4. The van der Waals surface area contributed by atoms with Crippen LogP contribution in [0.2, 0.25) is 0 Å². The Balaban J connectivity index is 1.78. The number of nitrogens with one attached hydrogen (secondary N) is 1. The summed E-state index contributed by atoms with van der Waals surface area (Å²) in [5.74, 6) is -0.757. The van der Waals surface area contributed by atoms with Crippen LogP contribution in [0.5, 0.6) is 0 Å². The van der Waals surface area contributed by atoms with Gasteiger partial charge < -0.3 is 15.4 Å². The van der Waals surface area contributed by atoms with Gasteiger partial charge in [0.25, 0.3) is 0 Å². The Morgan fingerprint density at radius 1 is 1.25 bits per heavy atom. The number of rotatable bonds is 6. The van der Waals surface area contributed by atoms with Crippen LogP contribution in [0.1, 0.15) is 11.1 Å². The molecule has 7 nitrogen and oxygen atoms in total. The van der Waals surface area contributed by atoms with Crippen molar-refractivity contribution in [3.63, 3.8) is 0 Å². The van der Waals surface area contributed by atoms with Crippen LogP contribution < -0.4 is 5.32 Å². The molecule has 2 aromatic rings. The van der Waals surface area contributed by atoms with E-state index in [1.165, 1.54) is 24.4 Å². The molecule has 0 aliphatic rings. The van der Waals surface area contributed by atoms with Gasteiger partial charge in [-0.15, -0.1) is 0 Å². The molecule has 0 saturated carbocycles. The fourth-order valence-corrected chi connectivity index (χ4v) is 1.95. The predicted molar refractivity (Wildman–Crippen MR) is 77.0 cm³/mol. The monoisotopic (exact) mass is 342 g/mol. The third kappa shape index (κ3) is 4.80. The fourth-order valence-electron chi connectivity index (χ4n) is 1.95. The van der Waals surface area contributed by atoms with Gasteiger partial charge in [0.1, 0.15) is 6.54 Å². The highest BCUT2D eigenvalue weighted by molar-refractivity contribution is 5.75. The molecule has 1 amide bonds. The fraction of sp³-hybridized carbons (Fsp3) is 0.286. The smallest absolute Gasteiger partial charge is 0.358 e. The summed E-state index contributed by atoms with van der Waals surface area (Å²) in [5.41, 5.74) is -0.0754. The van der Waals surface area contributed by atoms with Crippen molar-refractivity contribution in [1.82, 2.24) is 15.1 Å². The summed E-state index contributed by atoms with van der Waals surface area (Å²) >= 11 is 0. The maximum Gasteiger partial charge on any atom is 0.416 e. The molecule has 0 spiro atoms. The van der Waals surface area contributed by atoms with Crippen LogP contribution in [-0.2, 0) is 23.9 Å². The average Bonchev–Trinajstić information content (AvgIpc) is 2.95. The molecule has 10 heteroatoms. The van der Waals surface area contributed by atoms with Gasteiger partial charge in [-0.2, -0.15) is 17.9 Å². The van der Waals surface area contributed by atoms with Crippen LogP contribution in [-0.4, -0.2) is 27.2 Å². The van der Waals surface area contributed by atoms with E-state index >= 15 is 0 Å². The Bertz CT molecular complexity index is 726. The molecule has 0 aliphatic heterocycles. The van der Waals surface area contributed by atoms with Crippen molar-refractivity contribution >= 4 is 11.7 Å². The number of halogens is 3. The van der Waals surface area contributed by atoms with Crippen LogP contribution >= 0.6 is 0 Å². The second kappa shape index (κ2) is 7.11. The van der Waals surface area contributed by atoms with Crippen molar-refractivity contribution in [2.24, 2.45) is 0 Å². The SMILES string of the molecule is O=C(Cn1ccc([N+](=O)[O-])n1)NCCc1ccc(C(F)(F)F)cc1. The van der Waals surface area contributed by atoms with Gasteiger partial charge in [-0.25, -0.2) is 0 Å². The molecule has 1 heterocycles. The number of alkyl halides is 3. The third-order valence-electron chi connectivity index (χ3n) is 3.14. The first-order valence-electron chi connectivity index (χ1n) is 6.86. The minimum absolute atomic E-state index is 0.180. The second-order valence-corrected chi connectivity index (χ2v) is 4.92. The largest absolute Gasteiger partial charge is 0.416 e. The highest BCUT2D eigenvalue weighted by Gasteiger charge is 2.29. The molecule has 1 aromatic heterocycles. The van der Waals surface area contributed by atoms with Crippen molar-refractivity contribution in [1.29, 1.82) is 0 Å². The van der Waals surface area contributed by atoms with Gasteiger partial charge in [-0.3, -0.25) is 4.79 Å². The van der Waals surface area contributed by atoms with Crippen LogP contribution in [0.3, 0.4) is 0 Å². The van der Waals surface area contributed by atoms with Crippen molar-refractivity contribution in [2.45, 2.75) is 19.1 Å². The average molecular weight is 342 g/mol. The Kier molecular flexibility index (Phi) is 5.17. The van der Waals surface area contributed by atoms with E-state index < -0.39 is 22.6 Å². The van der Waals surface area contributed by atoms with Gasteiger partial charge in [0, 0.05) is 6.54 Å². The predicted octanol–water partition coefficient (Wildman–Crippen LogP) is 2.17. The molecule has 0 unspecified atom stereocenters. The highest BCUT2D eigenvalue weighted by atomic mass is 19.4. The van der Waals surface area contributed by atoms with Crippen molar-refractivity contribution < 1.29 is 22.9 Å². The standard InChI is InChI=1S/C14H13F3N4O3/c15-14(16,17)11-3-1-10(2-4-11)5-7-18-13(22)9-20-8-6-12(19-20)21(23)24/h1-4,6,8H,5,7,9H2,(H,18,22). The topological polar surface area (TPSA) is 90.1 Å². The zero-order valence-electron chi connectivity index (χ0n) is 12.3. The number of carbonyl (C=O) groups excluding carboxylic acids is 1. The molecule has 24 heavy (non-hydrogen) atoms. The lowest BCUT2D eigenvalue weighted by Gasteiger charge is -2.08. The van der Waals surface area contributed by atoms with Gasteiger partial charge in [0.05, 0.1) is 22.9 Å². The molecule has 0 aliphatic carbocycles. The maximum atomic E-state index is 12.4. The van der Waals surface area contributed by atoms with Crippen molar-refractivity contribution in [3.8, 4) is 0 Å². The maximum absolute atomic E-state index is 12.4. The van der Waals surface area contributed by atoms with E-state index in [9.17, 15) is 28.1 Å². The van der Waals surface area contributed by atoms with Gasteiger partial charge in [0.2, 0.25) is 5.91 Å². The zero-order valence-corrected chi connectivity index (χ0v) is 12.3. The molecule has 0 radical (unpaired) electrons. The first kappa shape index (κ1) is 17.4. The summed E-state index contributed by atoms with van der Waals surface area (Å²) in [6.07, 6.45) is -2.70. The number of aromatic nitrogens is 2. The summed E-state index contributed by atoms with van der Waals surface area (Å²) in [6, 6.07) is 5.85. The van der Waals surface area contributed by atoms with Gasteiger partial charge in [0.15, 0.2) is 0 Å². The molecule has 1 aromatic carbocycles. The normalized spacial score (nSPS) is 11.3. The molecule has 1 N–H and O–H groups in total. The minimum Gasteiger partial charge on any atom is -0.358 e. The van der Waals surface area contributed by atoms with Gasteiger partial charge in [-0.1, -0.05) is 12.1 Å². The summed E-state index contributed by atoms with van der Waals surface area (Å²) in [7, 11) is 0. The summed E-state index contributed by atoms with van der Waals surface area (Å²) in [6.45, 7) is 0.0500. The van der Waals surface area contributed by atoms with Crippen molar-refractivity contribution in [2.75, 3.05) is 6.54 Å². The minimum atomic E-state index is -4.38. The molecular formula is C14H13F3N4O3. The number of carbonyl (C=O) groups is 1. The van der Waals surface area contributed by atoms with E-state index in [1.807, 2.05) is 0 Å². The second-order valence-electron chi connectivity index (χ2n) is 4.92. The number of nitro groups is 1. The Labute approximate surface area is 134 Å². The van der Waals surface area contributed by atoms with Crippen LogP contribution in [0.25, 0.3) is 0 Å². The lowest BCUT2D eigenvalue weighted by atomic mass is 10.1. The molecule has 128 valence electrons. The Morgan fingerprint density at radius 2 is 1.92 bits per heavy atom. The van der Waals surface area contributed by atoms with E-state index in [4.69, 9.17) is 0 Å². The zero-order chi connectivity index (χ0) is 17.7. The lowest BCUT2D eigenvalue weighted by molar-refractivity contribution is -0.389. The molecule has 0 bridgehead atoms. The first-order valence-corrected chi connectivity index (χ1v) is 6.86. The molecular weight excluding hydrogens is 329 g/mol. The number of hydrogen-bond acceptors (Lipinski definition) is 4. The molecule has 0 fully saturated rings. The summed E-state index contributed by atoms with van der Waals surface area (Å²) in [5, 5.41) is 16.6. The van der Waals surface area contributed by atoms with Crippen molar-refractivity contribution in [3.05, 3.63) is 57.8 Å². The first-order chi connectivity index (χ1) is 11.3. The lowest BCUT2D eigenvalue weighted by Crippen LogP contribution is -2.29. The van der Waals surface area contributed by atoms with Crippen LogP contribution in [0.15, 0.2) is 36.5 Å². The van der Waals surface area contributed by atoms with E-state index in [0.29, 0.717) is 12.0 Å². The quantitative estimate of drug-likeness (QED) is 0.643. The van der Waals surface area contributed by atoms with E-state index in [0.717, 1.165) is 16.8 Å². The highest BCUT2D eigenvalue weighted by Crippen LogP contribution is 2.29. The van der Waals surface area contributed by atoms with E-state index in [1.54, 1.807) is 0 Å². The Hall–Kier alpha value is -2.91. The van der Waals surface area contributed by atoms with E-state index in [-0.39, 0.29) is 18.9 Å². The van der Waals surface area contributed by atoms with E-state index in [2.05, 4.69) is 10.4 Å². The number of hydrogen-bond donors (Lipinski definition) is 1. The number of benzene rings is 1. The third-order valence-corrected chi connectivity index (χ3v) is 3.14. The Morgan fingerprint density at radius 3 is 2.46 bits per heavy atom. The number of amides is 1. The molecule has 2 rings (SSSR count). The van der Waals surface area contributed by atoms with Gasteiger partial charge >= 0.3 is 12.0 Å². The number of nitrogens with zero attached hydrogens (tertiary/aromatic N) is 3. The summed E-state index contributed by atoms with van der Waals surface area (Å²) in [4.78, 5) is 21.5. The van der Waals surface area contributed by atoms with Gasteiger partial charge in [-0.05, 0) is 29.0 Å². The van der Waals surface area contributed by atoms with Crippen LogP contribution in [0.4, 0.5) is 19.0 Å². The van der Waals surface area contributed by atoms with Crippen LogP contribution in [0, 0.1) is 10.1 Å². The molecule has 0 saturated heterocycles.